The molecule has 0 radical (unpaired) electrons. The minimum atomic E-state index is -4.46. The Morgan fingerprint density at radius 2 is 2.04 bits per heavy atom. The number of amides is 1. The van der Waals surface area contributed by atoms with Crippen molar-refractivity contribution in [2.75, 3.05) is 13.7 Å². The molecule has 2 rings (SSSR count). The van der Waals surface area contributed by atoms with Gasteiger partial charge in [0.15, 0.2) is 0 Å². The number of rotatable bonds is 6. The highest BCUT2D eigenvalue weighted by atomic mass is 32.2. The van der Waals surface area contributed by atoms with Gasteiger partial charge in [-0.2, -0.15) is 0 Å². The number of sulfonamides is 1. The number of esters is 1. The van der Waals surface area contributed by atoms with Gasteiger partial charge in [-0.05, 0) is 13.3 Å². The first-order valence-corrected chi connectivity index (χ1v) is 10.0. The molecule has 0 saturated carbocycles. The van der Waals surface area contributed by atoms with E-state index >= 15 is 0 Å². The van der Waals surface area contributed by atoms with Gasteiger partial charge < -0.3 is 9.47 Å². The minimum Gasteiger partial charge on any atom is -0.465 e. The van der Waals surface area contributed by atoms with Crippen LogP contribution in [0.25, 0.3) is 0 Å². The van der Waals surface area contributed by atoms with Crippen molar-refractivity contribution < 1.29 is 27.5 Å². The van der Waals surface area contributed by atoms with Gasteiger partial charge in [0.05, 0.1) is 19.3 Å². The highest BCUT2D eigenvalue weighted by Gasteiger charge is 2.30. The van der Waals surface area contributed by atoms with Gasteiger partial charge in [-0.1, -0.05) is 6.92 Å². The van der Waals surface area contributed by atoms with E-state index in [9.17, 15) is 22.8 Å². The second kappa shape index (κ2) is 7.92. The number of aromatic nitrogens is 3. The summed E-state index contributed by atoms with van der Waals surface area (Å²) in [6.45, 7) is 3.58. The van der Waals surface area contributed by atoms with Crippen LogP contribution in [-0.4, -0.2) is 48.5 Å². The predicted molar refractivity (Wildman–Crippen MR) is 94.8 cm³/mol. The standard InChI is InChI=1S/C14H18N4O7S2/c1-5-6-25-13-15-18(14(21)17(13)3)12(20)16-27(22,23)10-8(2)26-7-9(10)11(19)24-4/h7H,5-6H2,1-4H3,(H,16,20). The third-order valence-corrected chi connectivity index (χ3v) is 5.93. The van der Waals surface area contributed by atoms with E-state index in [0.29, 0.717) is 11.1 Å². The molecule has 0 bridgehead atoms. The molecule has 1 amide bonds. The number of carbonyl (C=O) groups is 2. The Morgan fingerprint density at radius 1 is 1.37 bits per heavy atom. The second-order valence-corrected chi connectivity index (χ2v) is 8.02. The molecule has 1 N–H and O–H groups in total. The van der Waals surface area contributed by atoms with Crippen molar-refractivity contribution in [3.05, 3.63) is 26.3 Å². The maximum atomic E-state index is 12.6. The summed E-state index contributed by atoms with van der Waals surface area (Å²) in [5.41, 5.74) is -1.09. The summed E-state index contributed by atoms with van der Waals surface area (Å²) < 4.78 is 38.0. The summed E-state index contributed by atoms with van der Waals surface area (Å²) in [7, 11) is -2.02. The van der Waals surface area contributed by atoms with E-state index in [4.69, 9.17) is 4.74 Å². The summed E-state index contributed by atoms with van der Waals surface area (Å²) in [6, 6.07) is -1.43. The summed E-state index contributed by atoms with van der Waals surface area (Å²) in [5, 5.41) is 5.00. The fraction of sp³-hybridized carbons (Fsp3) is 0.429. The number of hydrogen-bond acceptors (Lipinski definition) is 9. The van der Waals surface area contributed by atoms with Gasteiger partial charge >= 0.3 is 23.7 Å². The lowest BCUT2D eigenvalue weighted by Gasteiger charge is -2.07. The highest BCUT2D eigenvalue weighted by Crippen LogP contribution is 2.27. The summed E-state index contributed by atoms with van der Waals surface area (Å²) in [4.78, 5) is 36.1. The van der Waals surface area contributed by atoms with Gasteiger partial charge in [0.2, 0.25) is 0 Å². The third-order valence-electron chi connectivity index (χ3n) is 3.38. The van der Waals surface area contributed by atoms with Crippen LogP contribution in [0.5, 0.6) is 6.01 Å². The number of ether oxygens (including phenoxy) is 2. The summed E-state index contributed by atoms with van der Waals surface area (Å²) in [5.74, 6) is -0.863. The lowest BCUT2D eigenvalue weighted by atomic mass is 10.3. The topological polar surface area (TPSA) is 139 Å². The smallest absolute Gasteiger partial charge is 0.360 e. The Balaban J connectivity index is 2.37. The Hall–Kier alpha value is -2.67. The maximum Gasteiger partial charge on any atom is 0.360 e. The molecule has 2 aromatic rings. The number of aryl methyl sites for hydroxylation is 1. The molecule has 13 heteroatoms. The van der Waals surface area contributed by atoms with Crippen LogP contribution in [0.2, 0.25) is 0 Å². The van der Waals surface area contributed by atoms with Crippen molar-refractivity contribution in [1.29, 1.82) is 0 Å². The van der Waals surface area contributed by atoms with E-state index in [1.54, 1.807) is 4.72 Å². The number of nitrogens with one attached hydrogen (secondary N) is 1. The fourth-order valence-corrected chi connectivity index (χ4v) is 4.61. The van der Waals surface area contributed by atoms with Crippen LogP contribution < -0.4 is 15.1 Å². The zero-order valence-corrected chi connectivity index (χ0v) is 16.6. The molecule has 148 valence electrons. The van der Waals surface area contributed by atoms with Crippen molar-refractivity contribution in [2.24, 2.45) is 7.05 Å². The quantitative estimate of drug-likeness (QED) is 0.668. The predicted octanol–water partition coefficient (Wildman–Crippen LogP) is 0.474. The number of thiophene rings is 1. The van der Waals surface area contributed by atoms with Crippen LogP contribution in [-0.2, 0) is 21.8 Å². The van der Waals surface area contributed by atoms with E-state index < -0.39 is 27.7 Å². The van der Waals surface area contributed by atoms with Crippen LogP contribution in [0.4, 0.5) is 4.79 Å². The van der Waals surface area contributed by atoms with Gasteiger partial charge in [0, 0.05) is 17.3 Å². The number of methoxy groups -OCH3 is 1. The van der Waals surface area contributed by atoms with Crippen molar-refractivity contribution in [2.45, 2.75) is 25.2 Å². The molecule has 27 heavy (non-hydrogen) atoms. The Morgan fingerprint density at radius 3 is 2.63 bits per heavy atom. The van der Waals surface area contributed by atoms with E-state index in [1.165, 1.54) is 19.4 Å². The minimum absolute atomic E-state index is 0.128. The third kappa shape index (κ3) is 4.03. The molecule has 0 spiro atoms. The Labute approximate surface area is 158 Å². The van der Waals surface area contributed by atoms with Gasteiger partial charge in [0.1, 0.15) is 4.90 Å². The van der Waals surface area contributed by atoms with Gasteiger partial charge in [0.25, 0.3) is 10.0 Å². The second-order valence-electron chi connectivity index (χ2n) is 5.32. The van der Waals surface area contributed by atoms with Crippen molar-refractivity contribution in [1.82, 2.24) is 19.1 Å². The zero-order valence-electron chi connectivity index (χ0n) is 15.0. The van der Waals surface area contributed by atoms with Crippen molar-refractivity contribution >= 4 is 33.4 Å². The monoisotopic (exact) mass is 418 g/mol. The summed E-state index contributed by atoms with van der Waals surface area (Å²) >= 11 is 1.00. The van der Waals surface area contributed by atoms with Gasteiger partial charge in [-0.15, -0.1) is 21.1 Å². The molecule has 0 atom stereocenters. The molecule has 0 aliphatic heterocycles. The molecular formula is C14H18N4O7S2. The van der Waals surface area contributed by atoms with Gasteiger partial charge in [-0.25, -0.2) is 32.1 Å². The molecule has 0 aliphatic carbocycles. The van der Waals surface area contributed by atoms with Crippen molar-refractivity contribution in [3.8, 4) is 6.01 Å². The van der Waals surface area contributed by atoms with Crippen molar-refractivity contribution in [3.63, 3.8) is 0 Å². The number of nitrogens with zero attached hydrogens (tertiary/aromatic N) is 3. The molecule has 0 fully saturated rings. The molecule has 0 aromatic carbocycles. The van der Waals surface area contributed by atoms with Crippen LogP contribution in [0.15, 0.2) is 15.1 Å². The lowest BCUT2D eigenvalue weighted by molar-refractivity contribution is 0.0597. The molecule has 0 unspecified atom stereocenters. The molecule has 0 saturated heterocycles. The van der Waals surface area contributed by atoms with Crippen LogP contribution in [0.1, 0.15) is 28.6 Å². The average Bonchev–Trinajstić information content (AvgIpc) is 3.14. The molecule has 0 aliphatic rings. The van der Waals surface area contributed by atoms with E-state index in [1.807, 2.05) is 6.92 Å². The first-order chi connectivity index (χ1) is 12.6. The largest absolute Gasteiger partial charge is 0.465 e. The maximum absolute atomic E-state index is 12.6. The van der Waals surface area contributed by atoms with Crippen LogP contribution >= 0.6 is 11.3 Å². The molecule has 2 aromatic heterocycles. The highest BCUT2D eigenvalue weighted by molar-refractivity contribution is 7.90. The van der Waals surface area contributed by atoms with Gasteiger partial charge in [-0.3, -0.25) is 0 Å². The molecule has 11 nitrogen and oxygen atoms in total. The summed E-state index contributed by atoms with van der Waals surface area (Å²) in [6.07, 6.45) is 0.648. The first-order valence-electron chi connectivity index (χ1n) is 7.66. The number of carbonyl (C=O) groups excluding carboxylic acids is 2. The molecule has 2 heterocycles. The Bertz CT molecular complexity index is 1030. The van der Waals surface area contributed by atoms with E-state index in [-0.39, 0.29) is 28.0 Å². The van der Waals surface area contributed by atoms with Crippen LogP contribution in [0, 0.1) is 6.92 Å². The van der Waals surface area contributed by atoms with Crippen LogP contribution in [0.3, 0.4) is 0 Å². The normalized spacial score (nSPS) is 11.3. The van der Waals surface area contributed by atoms with E-state index in [0.717, 1.165) is 23.0 Å². The van der Waals surface area contributed by atoms with E-state index in [2.05, 4.69) is 9.84 Å². The molecular weight excluding hydrogens is 400 g/mol. The lowest BCUT2D eigenvalue weighted by Crippen LogP contribution is -2.40. The number of hydrogen-bond donors (Lipinski definition) is 1. The zero-order chi connectivity index (χ0) is 20.4. The Kier molecular flexibility index (Phi) is 6.05. The average molecular weight is 418 g/mol. The SMILES string of the molecule is CCCOc1nn(C(=O)NS(=O)(=O)c2c(C(=O)OC)csc2C)c(=O)n1C. The first kappa shape index (κ1) is 20.6. The fourth-order valence-electron chi connectivity index (χ4n) is 2.11.